The molecule has 3 rings (SSSR count). The molecule has 0 bridgehead atoms. The summed E-state index contributed by atoms with van der Waals surface area (Å²) in [6, 6.07) is 3.78. The highest BCUT2D eigenvalue weighted by atomic mass is 19.4. The molecule has 0 radical (unpaired) electrons. The lowest BCUT2D eigenvalue weighted by Gasteiger charge is -2.25. The van der Waals surface area contributed by atoms with Crippen LogP contribution in [0.25, 0.3) is 10.9 Å². The maximum atomic E-state index is 13.2. The van der Waals surface area contributed by atoms with Crippen LogP contribution in [0.15, 0.2) is 24.4 Å². The van der Waals surface area contributed by atoms with Gasteiger partial charge in [0.25, 0.3) is 0 Å². The number of fused-ring (bicyclic) bond motifs is 1. The van der Waals surface area contributed by atoms with Crippen LogP contribution in [0.5, 0.6) is 0 Å². The predicted molar refractivity (Wildman–Crippen MR) is 84.1 cm³/mol. The van der Waals surface area contributed by atoms with Gasteiger partial charge >= 0.3 is 12.1 Å². The first-order valence-electron chi connectivity index (χ1n) is 7.99. The molecule has 1 unspecified atom stereocenters. The minimum absolute atomic E-state index is 0.125. The third kappa shape index (κ3) is 3.71. The fourth-order valence-corrected chi connectivity index (χ4v) is 3.06. The van der Waals surface area contributed by atoms with Crippen molar-refractivity contribution in [1.29, 1.82) is 0 Å². The van der Waals surface area contributed by atoms with Gasteiger partial charge in [0.1, 0.15) is 5.82 Å². The van der Waals surface area contributed by atoms with E-state index in [-0.39, 0.29) is 12.4 Å². The van der Waals surface area contributed by atoms with Gasteiger partial charge in [-0.1, -0.05) is 13.8 Å². The first-order chi connectivity index (χ1) is 11.4. The molecule has 1 atom stereocenters. The van der Waals surface area contributed by atoms with E-state index in [4.69, 9.17) is 0 Å². The second-order valence-corrected chi connectivity index (χ2v) is 5.50. The van der Waals surface area contributed by atoms with Gasteiger partial charge in [-0.3, -0.25) is 4.79 Å². The monoisotopic (exact) mass is 344 g/mol. The molecule has 24 heavy (non-hydrogen) atoms. The summed E-state index contributed by atoms with van der Waals surface area (Å²) in [4.78, 5) is 15.3. The van der Waals surface area contributed by atoms with Crippen LogP contribution in [-0.2, 0) is 11.2 Å². The van der Waals surface area contributed by atoms with E-state index < -0.39 is 18.1 Å². The van der Waals surface area contributed by atoms with Gasteiger partial charge in [0.05, 0.1) is 0 Å². The molecular formula is C17H20F4N2O. The predicted octanol–water partition coefficient (Wildman–Crippen LogP) is 4.43. The van der Waals surface area contributed by atoms with E-state index in [0.29, 0.717) is 24.8 Å². The van der Waals surface area contributed by atoms with E-state index in [1.165, 1.54) is 12.1 Å². The van der Waals surface area contributed by atoms with Crippen LogP contribution >= 0.6 is 0 Å². The molecule has 0 spiro atoms. The molecule has 1 aromatic carbocycles. The first-order valence-corrected chi connectivity index (χ1v) is 7.99. The van der Waals surface area contributed by atoms with Crippen LogP contribution in [0.1, 0.15) is 32.3 Å². The van der Waals surface area contributed by atoms with Gasteiger partial charge in [-0.15, -0.1) is 0 Å². The highest BCUT2D eigenvalue weighted by Crippen LogP contribution is 2.29. The molecule has 132 valence electrons. The minimum Gasteiger partial charge on any atom is -0.361 e. The average molecular weight is 344 g/mol. The maximum absolute atomic E-state index is 13.2. The Morgan fingerprint density at radius 3 is 2.71 bits per heavy atom. The first kappa shape index (κ1) is 18.3. The zero-order valence-electron chi connectivity index (χ0n) is 13.6. The number of hydrogen-bond acceptors (Lipinski definition) is 1. The fourth-order valence-electron chi connectivity index (χ4n) is 3.06. The Morgan fingerprint density at radius 1 is 1.33 bits per heavy atom. The van der Waals surface area contributed by atoms with Gasteiger partial charge in [-0.2, -0.15) is 13.2 Å². The summed E-state index contributed by atoms with van der Waals surface area (Å²) in [6.07, 6.45) is -1.75. The number of carbonyl (C=O) groups excluding carboxylic acids is 1. The zero-order valence-corrected chi connectivity index (χ0v) is 13.6. The van der Waals surface area contributed by atoms with Gasteiger partial charge < -0.3 is 9.88 Å². The molecule has 3 nitrogen and oxygen atoms in total. The average Bonchev–Trinajstić information content (AvgIpc) is 3.15. The van der Waals surface area contributed by atoms with E-state index >= 15 is 0 Å². The number of nitrogens with zero attached hydrogens (tertiary/aromatic N) is 1. The summed E-state index contributed by atoms with van der Waals surface area (Å²) in [5, 5.41) is 0.771. The lowest BCUT2D eigenvalue weighted by Crippen LogP contribution is -2.44. The Labute approximate surface area is 137 Å². The molecule has 2 aromatic rings. The Balaban J connectivity index is 0.00000100. The smallest absolute Gasteiger partial charge is 0.361 e. The van der Waals surface area contributed by atoms with Crippen LogP contribution in [0.4, 0.5) is 17.6 Å². The van der Waals surface area contributed by atoms with Gasteiger partial charge in [-0.05, 0) is 43.0 Å². The fraction of sp³-hybridized carbons (Fsp3) is 0.471. The number of hydrogen-bond donors (Lipinski definition) is 1. The molecule has 1 aromatic heterocycles. The number of carbonyl (C=O) groups is 1. The van der Waals surface area contributed by atoms with Crippen LogP contribution in [0.3, 0.4) is 0 Å². The van der Waals surface area contributed by atoms with Crippen LogP contribution in [0.2, 0.25) is 0 Å². The Bertz CT molecular complexity index is 708. The quantitative estimate of drug-likeness (QED) is 0.804. The summed E-state index contributed by atoms with van der Waals surface area (Å²) in [5.74, 6) is -2.16. The third-order valence-electron chi connectivity index (χ3n) is 4.07. The summed E-state index contributed by atoms with van der Waals surface area (Å²) in [7, 11) is 0. The Hall–Kier alpha value is -2.05. The normalized spacial score (nSPS) is 17.8. The van der Waals surface area contributed by atoms with Crippen molar-refractivity contribution in [1.82, 2.24) is 9.88 Å². The van der Waals surface area contributed by atoms with Crippen molar-refractivity contribution in [2.45, 2.75) is 45.3 Å². The Kier molecular flexibility index (Phi) is 5.51. The summed E-state index contributed by atoms with van der Waals surface area (Å²) in [5.41, 5.74) is 1.39. The number of benzene rings is 1. The molecule has 1 aliphatic heterocycles. The van der Waals surface area contributed by atoms with Crippen molar-refractivity contribution < 1.29 is 22.4 Å². The molecule has 7 heteroatoms. The third-order valence-corrected chi connectivity index (χ3v) is 4.07. The van der Waals surface area contributed by atoms with Crippen molar-refractivity contribution in [2.24, 2.45) is 0 Å². The highest BCUT2D eigenvalue weighted by molar-refractivity contribution is 5.84. The molecular weight excluding hydrogens is 324 g/mol. The van der Waals surface area contributed by atoms with Gasteiger partial charge in [0.15, 0.2) is 0 Å². The summed E-state index contributed by atoms with van der Waals surface area (Å²) >= 11 is 0. The van der Waals surface area contributed by atoms with Crippen molar-refractivity contribution in [3.8, 4) is 0 Å². The standard InChI is InChI=1S/C15H14F4N2O.C2H6/c16-10-3-4-12-9(8-20-13(12)7-10)6-11-2-1-5-21(11)14(22)15(17,18)19;1-2/h3-4,7-8,11,20H,1-2,5-6H2;1-2H3. The number of likely N-dealkylation sites (tertiary alicyclic amines) is 1. The lowest BCUT2D eigenvalue weighted by atomic mass is 10.0. The second kappa shape index (κ2) is 7.23. The number of rotatable bonds is 2. The van der Waals surface area contributed by atoms with Gasteiger partial charge in [0, 0.05) is 29.7 Å². The number of halogens is 4. The summed E-state index contributed by atoms with van der Waals surface area (Å²) in [6.45, 7) is 4.12. The minimum atomic E-state index is -4.84. The van der Waals surface area contributed by atoms with Crippen LogP contribution in [0, 0.1) is 5.82 Å². The number of aromatic amines is 1. The van der Waals surface area contributed by atoms with E-state index in [2.05, 4.69) is 4.98 Å². The second-order valence-electron chi connectivity index (χ2n) is 5.50. The molecule has 1 N–H and O–H groups in total. The SMILES string of the molecule is CC.O=C(N1CCCC1Cc1c[nH]c2cc(F)ccc12)C(F)(F)F. The van der Waals surface area contributed by atoms with Crippen LogP contribution < -0.4 is 0 Å². The number of H-pyrrole nitrogens is 1. The van der Waals surface area contributed by atoms with Gasteiger partial charge in [-0.25, -0.2) is 4.39 Å². The van der Waals surface area contributed by atoms with E-state index in [1.807, 2.05) is 13.8 Å². The summed E-state index contributed by atoms with van der Waals surface area (Å²) < 4.78 is 51.0. The highest BCUT2D eigenvalue weighted by Gasteiger charge is 2.45. The van der Waals surface area contributed by atoms with Crippen molar-refractivity contribution >= 4 is 16.8 Å². The molecule has 1 saturated heterocycles. The maximum Gasteiger partial charge on any atom is 0.471 e. The lowest BCUT2D eigenvalue weighted by molar-refractivity contribution is -0.186. The number of nitrogens with one attached hydrogen (secondary N) is 1. The van der Waals surface area contributed by atoms with E-state index in [0.717, 1.165) is 15.8 Å². The van der Waals surface area contributed by atoms with E-state index in [9.17, 15) is 22.4 Å². The topological polar surface area (TPSA) is 36.1 Å². The van der Waals surface area contributed by atoms with Crippen molar-refractivity contribution in [3.05, 3.63) is 35.8 Å². The Morgan fingerprint density at radius 2 is 2.04 bits per heavy atom. The number of amides is 1. The number of alkyl halides is 3. The zero-order chi connectivity index (χ0) is 17.9. The largest absolute Gasteiger partial charge is 0.471 e. The molecule has 2 heterocycles. The molecule has 1 fully saturated rings. The van der Waals surface area contributed by atoms with Crippen molar-refractivity contribution in [3.63, 3.8) is 0 Å². The molecule has 1 aliphatic rings. The number of aromatic nitrogens is 1. The van der Waals surface area contributed by atoms with Gasteiger partial charge in [0.2, 0.25) is 0 Å². The van der Waals surface area contributed by atoms with Crippen molar-refractivity contribution in [2.75, 3.05) is 6.54 Å². The molecule has 1 amide bonds. The van der Waals surface area contributed by atoms with E-state index in [1.54, 1.807) is 12.3 Å². The molecule has 0 aliphatic carbocycles. The molecule has 0 saturated carbocycles. The van der Waals surface area contributed by atoms with Crippen LogP contribution in [-0.4, -0.2) is 34.6 Å².